The average Bonchev–Trinajstić information content (AvgIpc) is 2.51. The molecule has 0 bridgehead atoms. The molecule has 0 saturated carbocycles. The molecule has 134 valence electrons. The highest BCUT2D eigenvalue weighted by Gasteiger charge is 2.25. The standard InChI is InChI=1S/C17H21N3O5/c1-11(25-13-6-4-12(10-18)5-7-13)16(24)20-19-14(21)8-17(2,3)9-15(22)23/h4-7,11H,8-9H2,1-3H3,(H,19,21)(H,20,24)(H,22,23). The van der Waals surface area contributed by atoms with E-state index < -0.39 is 29.3 Å². The average molecular weight is 347 g/mol. The highest BCUT2D eigenvalue weighted by atomic mass is 16.5. The fraction of sp³-hybridized carbons (Fsp3) is 0.412. The van der Waals surface area contributed by atoms with Crippen molar-refractivity contribution in [3.8, 4) is 11.8 Å². The van der Waals surface area contributed by atoms with Gasteiger partial charge in [0.05, 0.1) is 18.1 Å². The van der Waals surface area contributed by atoms with Crippen molar-refractivity contribution in [2.75, 3.05) is 0 Å². The first-order valence-electron chi connectivity index (χ1n) is 7.60. The Labute approximate surface area is 145 Å². The second kappa shape index (κ2) is 8.68. The maximum Gasteiger partial charge on any atom is 0.303 e. The molecule has 8 heteroatoms. The molecule has 1 atom stereocenters. The summed E-state index contributed by atoms with van der Waals surface area (Å²) in [5.74, 6) is -1.64. The minimum absolute atomic E-state index is 0.0512. The molecule has 2 amide bonds. The van der Waals surface area contributed by atoms with Crippen molar-refractivity contribution >= 4 is 17.8 Å². The molecule has 1 rings (SSSR count). The largest absolute Gasteiger partial charge is 0.481 e. The number of carbonyl (C=O) groups excluding carboxylic acids is 2. The van der Waals surface area contributed by atoms with Gasteiger partial charge in [-0.25, -0.2) is 0 Å². The Hall–Kier alpha value is -3.08. The Kier molecular flexibility index (Phi) is 6.93. The summed E-state index contributed by atoms with van der Waals surface area (Å²) in [6.07, 6.45) is -1.09. The molecule has 1 aromatic carbocycles. The van der Waals surface area contributed by atoms with E-state index in [0.29, 0.717) is 11.3 Å². The van der Waals surface area contributed by atoms with Crippen LogP contribution < -0.4 is 15.6 Å². The highest BCUT2D eigenvalue weighted by molar-refractivity contribution is 5.85. The van der Waals surface area contributed by atoms with Gasteiger partial charge in [-0.05, 0) is 36.6 Å². The van der Waals surface area contributed by atoms with Crippen LogP contribution in [0.4, 0.5) is 0 Å². The first-order chi connectivity index (χ1) is 11.6. The van der Waals surface area contributed by atoms with Crippen LogP contribution in [0.15, 0.2) is 24.3 Å². The van der Waals surface area contributed by atoms with Crippen molar-refractivity contribution in [3.63, 3.8) is 0 Å². The monoisotopic (exact) mass is 347 g/mol. The minimum atomic E-state index is -0.994. The summed E-state index contributed by atoms with van der Waals surface area (Å²) in [6.45, 7) is 4.81. The van der Waals surface area contributed by atoms with Crippen molar-refractivity contribution in [1.82, 2.24) is 10.9 Å². The lowest BCUT2D eigenvalue weighted by molar-refractivity contribution is -0.140. The molecule has 0 heterocycles. The van der Waals surface area contributed by atoms with E-state index in [-0.39, 0.29) is 12.8 Å². The quantitative estimate of drug-likeness (QED) is 0.639. The topological polar surface area (TPSA) is 129 Å². The van der Waals surface area contributed by atoms with Gasteiger partial charge in [0, 0.05) is 6.42 Å². The van der Waals surface area contributed by atoms with Gasteiger partial charge in [0.2, 0.25) is 5.91 Å². The molecule has 0 spiro atoms. The van der Waals surface area contributed by atoms with E-state index in [1.165, 1.54) is 6.92 Å². The van der Waals surface area contributed by atoms with Crippen LogP contribution in [-0.2, 0) is 14.4 Å². The molecule has 1 aromatic rings. The molecule has 0 fully saturated rings. The van der Waals surface area contributed by atoms with E-state index in [9.17, 15) is 14.4 Å². The molecule has 0 aliphatic carbocycles. The molecular formula is C17H21N3O5. The van der Waals surface area contributed by atoms with Gasteiger partial charge in [-0.15, -0.1) is 0 Å². The lowest BCUT2D eigenvalue weighted by atomic mass is 9.85. The third-order valence-corrected chi connectivity index (χ3v) is 3.26. The number of nitriles is 1. The molecule has 1 unspecified atom stereocenters. The van der Waals surface area contributed by atoms with Crippen LogP contribution in [0, 0.1) is 16.7 Å². The number of hydrogen-bond donors (Lipinski definition) is 3. The Bertz CT molecular complexity index is 677. The van der Waals surface area contributed by atoms with Crippen molar-refractivity contribution in [2.24, 2.45) is 5.41 Å². The third kappa shape index (κ3) is 7.35. The Morgan fingerprint density at radius 3 is 2.32 bits per heavy atom. The van der Waals surface area contributed by atoms with Crippen molar-refractivity contribution in [3.05, 3.63) is 29.8 Å². The van der Waals surface area contributed by atoms with E-state index >= 15 is 0 Å². The number of aliphatic carboxylic acids is 1. The van der Waals surface area contributed by atoms with E-state index in [0.717, 1.165) is 0 Å². The first-order valence-corrected chi connectivity index (χ1v) is 7.60. The van der Waals surface area contributed by atoms with Gasteiger partial charge in [-0.2, -0.15) is 5.26 Å². The van der Waals surface area contributed by atoms with Gasteiger partial charge in [0.15, 0.2) is 6.10 Å². The van der Waals surface area contributed by atoms with Gasteiger partial charge in [0.1, 0.15) is 5.75 Å². The minimum Gasteiger partial charge on any atom is -0.481 e. The van der Waals surface area contributed by atoms with Crippen LogP contribution in [0.1, 0.15) is 39.2 Å². The maximum absolute atomic E-state index is 11.9. The van der Waals surface area contributed by atoms with Gasteiger partial charge in [-0.3, -0.25) is 25.2 Å². The Morgan fingerprint density at radius 2 is 1.80 bits per heavy atom. The van der Waals surface area contributed by atoms with Crippen LogP contribution >= 0.6 is 0 Å². The number of carbonyl (C=O) groups is 3. The lowest BCUT2D eigenvalue weighted by Crippen LogP contribution is -2.48. The number of nitrogens with zero attached hydrogens (tertiary/aromatic N) is 1. The molecule has 0 saturated heterocycles. The molecule has 8 nitrogen and oxygen atoms in total. The third-order valence-electron chi connectivity index (χ3n) is 3.26. The van der Waals surface area contributed by atoms with Crippen molar-refractivity contribution in [1.29, 1.82) is 5.26 Å². The summed E-state index contributed by atoms with van der Waals surface area (Å²) in [5, 5.41) is 17.5. The van der Waals surface area contributed by atoms with Crippen molar-refractivity contribution < 1.29 is 24.2 Å². The molecule has 3 N–H and O–H groups in total. The van der Waals surface area contributed by atoms with Crippen LogP contribution in [-0.4, -0.2) is 29.0 Å². The van der Waals surface area contributed by atoms with E-state index in [4.69, 9.17) is 15.1 Å². The summed E-state index contributed by atoms with van der Waals surface area (Å²) in [4.78, 5) is 34.5. The van der Waals surface area contributed by atoms with Crippen LogP contribution in [0.2, 0.25) is 0 Å². The fourth-order valence-corrected chi connectivity index (χ4v) is 2.05. The zero-order valence-electron chi connectivity index (χ0n) is 14.3. The second-order valence-electron chi connectivity index (χ2n) is 6.35. The number of benzene rings is 1. The van der Waals surface area contributed by atoms with E-state index in [2.05, 4.69) is 10.9 Å². The van der Waals surface area contributed by atoms with E-state index in [1.807, 2.05) is 6.07 Å². The lowest BCUT2D eigenvalue weighted by Gasteiger charge is -2.22. The van der Waals surface area contributed by atoms with E-state index in [1.54, 1.807) is 38.1 Å². The normalized spacial score (nSPS) is 11.8. The summed E-state index contributed by atoms with van der Waals surface area (Å²) >= 11 is 0. The molecule has 0 aliphatic heterocycles. The molecule has 0 aliphatic rings. The zero-order chi connectivity index (χ0) is 19.0. The molecule has 0 aromatic heterocycles. The van der Waals surface area contributed by atoms with Crippen LogP contribution in [0.3, 0.4) is 0 Å². The first kappa shape index (κ1) is 20.0. The Morgan fingerprint density at radius 1 is 1.20 bits per heavy atom. The number of nitrogens with one attached hydrogen (secondary N) is 2. The summed E-state index contributed by atoms with van der Waals surface area (Å²) in [6, 6.07) is 8.23. The van der Waals surface area contributed by atoms with Gasteiger partial charge in [0.25, 0.3) is 5.91 Å². The summed E-state index contributed by atoms with van der Waals surface area (Å²) in [7, 11) is 0. The summed E-state index contributed by atoms with van der Waals surface area (Å²) < 4.78 is 5.41. The molecular weight excluding hydrogens is 326 g/mol. The van der Waals surface area contributed by atoms with Crippen LogP contribution in [0.25, 0.3) is 0 Å². The molecule has 0 radical (unpaired) electrons. The molecule has 25 heavy (non-hydrogen) atoms. The number of amides is 2. The van der Waals surface area contributed by atoms with Gasteiger partial charge < -0.3 is 9.84 Å². The Balaban J connectivity index is 2.45. The number of ether oxygens (including phenoxy) is 1. The SMILES string of the molecule is CC(Oc1ccc(C#N)cc1)C(=O)NNC(=O)CC(C)(C)CC(=O)O. The predicted molar refractivity (Wildman–Crippen MR) is 88.2 cm³/mol. The number of hydrogen-bond acceptors (Lipinski definition) is 5. The fourth-order valence-electron chi connectivity index (χ4n) is 2.05. The zero-order valence-corrected chi connectivity index (χ0v) is 14.3. The maximum atomic E-state index is 11.9. The van der Waals surface area contributed by atoms with Crippen LogP contribution in [0.5, 0.6) is 5.75 Å². The van der Waals surface area contributed by atoms with Gasteiger partial charge >= 0.3 is 5.97 Å². The predicted octanol–water partition coefficient (Wildman–Crippen LogP) is 1.36. The van der Waals surface area contributed by atoms with Gasteiger partial charge in [-0.1, -0.05) is 13.8 Å². The number of carboxylic acids is 1. The van der Waals surface area contributed by atoms with Crippen molar-refractivity contribution in [2.45, 2.75) is 39.7 Å². The highest BCUT2D eigenvalue weighted by Crippen LogP contribution is 2.24. The smallest absolute Gasteiger partial charge is 0.303 e. The summed E-state index contributed by atoms with van der Waals surface area (Å²) in [5.41, 5.74) is 4.22. The number of carboxylic acid groups (broad SMARTS) is 1. The number of hydrazine groups is 1. The number of rotatable bonds is 7. The second-order valence-corrected chi connectivity index (χ2v) is 6.35.